The zero-order chi connectivity index (χ0) is 11.0. The van der Waals surface area contributed by atoms with E-state index in [1.807, 2.05) is 0 Å². The Bertz CT molecular complexity index is 170. The van der Waals surface area contributed by atoms with E-state index in [0.29, 0.717) is 18.8 Å². The maximum Gasteiger partial charge on any atom is 0.302 e. The van der Waals surface area contributed by atoms with E-state index in [1.54, 1.807) is 0 Å². The molecule has 1 fully saturated rings. The summed E-state index contributed by atoms with van der Waals surface area (Å²) in [5, 5.41) is 0. The predicted octanol–water partition coefficient (Wildman–Crippen LogP) is 3.39. The van der Waals surface area contributed by atoms with E-state index in [2.05, 4.69) is 20.8 Å². The predicted molar refractivity (Wildman–Crippen MR) is 54.0 cm³/mol. The fraction of sp³-hybridized carbons (Fsp3) is 1.00. The number of rotatable bonds is 1. The van der Waals surface area contributed by atoms with Crippen molar-refractivity contribution in [3.05, 3.63) is 0 Å². The van der Waals surface area contributed by atoms with Gasteiger partial charge in [0.2, 0.25) is 0 Å². The molecule has 0 radical (unpaired) electrons. The van der Waals surface area contributed by atoms with Crippen LogP contribution in [0.4, 0.5) is 8.78 Å². The van der Waals surface area contributed by atoms with Gasteiger partial charge in [0.15, 0.2) is 0 Å². The molecule has 1 saturated carbocycles. The Kier molecular flexibility index (Phi) is 3.20. The van der Waals surface area contributed by atoms with Crippen molar-refractivity contribution in [1.29, 1.82) is 0 Å². The Balaban J connectivity index is 2.61. The molecule has 1 nitrogen and oxygen atoms in total. The minimum absolute atomic E-state index is 0.129. The topological polar surface area (TPSA) is 26.0 Å². The SMILES string of the molecule is CC(C)(C)C1CCCC(C(N)(F)F)C1. The van der Waals surface area contributed by atoms with Gasteiger partial charge in [-0.2, -0.15) is 8.78 Å². The number of halogens is 2. The minimum atomic E-state index is -2.98. The van der Waals surface area contributed by atoms with Crippen LogP contribution in [0.3, 0.4) is 0 Å². The van der Waals surface area contributed by atoms with Crippen LogP contribution in [0.5, 0.6) is 0 Å². The molecule has 0 aromatic rings. The first-order valence-corrected chi connectivity index (χ1v) is 5.38. The quantitative estimate of drug-likeness (QED) is 0.652. The van der Waals surface area contributed by atoms with Crippen LogP contribution >= 0.6 is 0 Å². The molecule has 1 rings (SSSR count). The van der Waals surface area contributed by atoms with E-state index in [0.717, 1.165) is 12.8 Å². The Morgan fingerprint density at radius 2 is 1.57 bits per heavy atom. The summed E-state index contributed by atoms with van der Waals surface area (Å²) in [6.45, 7) is 6.36. The second kappa shape index (κ2) is 3.76. The summed E-state index contributed by atoms with van der Waals surface area (Å²) in [7, 11) is 0. The van der Waals surface area contributed by atoms with Gasteiger partial charge >= 0.3 is 6.05 Å². The van der Waals surface area contributed by atoms with Crippen molar-refractivity contribution >= 4 is 0 Å². The van der Waals surface area contributed by atoms with Gasteiger partial charge < -0.3 is 0 Å². The molecule has 0 amide bonds. The number of hydrogen-bond acceptors (Lipinski definition) is 1. The van der Waals surface area contributed by atoms with Gasteiger partial charge in [-0.1, -0.05) is 27.2 Å². The zero-order valence-electron chi connectivity index (χ0n) is 9.32. The van der Waals surface area contributed by atoms with Gasteiger partial charge in [0.25, 0.3) is 0 Å². The second-order valence-electron chi connectivity index (χ2n) is 5.60. The van der Waals surface area contributed by atoms with Crippen LogP contribution in [0.1, 0.15) is 46.5 Å². The van der Waals surface area contributed by atoms with Gasteiger partial charge in [-0.05, 0) is 30.6 Å². The van der Waals surface area contributed by atoms with Crippen LogP contribution in [0, 0.1) is 17.3 Å². The van der Waals surface area contributed by atoms with Crippen LogP contribution in [0.15, 0.2) is 0 Å². The fourth-order valence-electron chi connectivity index (χ4n) is 2.33. The summed E-state index contributed by atoms with van der Waals surface area (Å²) in [6, 6.07) is -2.98. The van der Waals surface area contributed by atoms with E-state index >= 15 is 0 Å². The highest BCUT2D eigenvalue weighted by Crippen LogP contribution is 2.43. The molecule has 0 aliphatic heterocycles. The van der Waals surface area contributed by atoms with Crippen LogP contribution in [-0.4, -0.2) is 6.05 Å². The highest BCUT2D eigenvalue weighted by molar-refractivity contribution is 4.85. The largest absolute Gasteiger partial charge is 0.302 e. The van der Waals surface area contributed by atoms with Crippen molar-refractivity contribution in [3.63, 3.8) is 0 Å². The van der Waals surface area contributed by atoms with Crippen LogP contribution in [0.2, 0.25) is 0 Å². The van der Waals surface area contributed by atoms with E-state index in [1.165, 1.54) is 0 Å². The summed E-state index contributed by atoms with van der Waals surface area (Å²) in [4.78, 5) is 0. The average molecular weight is 205 g/mol. The molecule has 1 aliphatic carbocycles. The summed E-state index contributed by atoms with van der Waals surface area (Å²) in [5.74, 6) is -0.226. The van der Waals surface area contributed by atoms with Gasteiger partial charge in [0, 0.05) is 5.92 Å². The number of alkyl halides is 2. The van der Waals surface area contributed by atoms with Crippen LogP contribution < -0.4 is 5.73 Å². The third-order valence-electron chi connectivity index (χ3n) is 3.44. The normalized spacial score (nSPS) is 30.4. The van der Waals surface area contributed by atoms with Crippen molar-refractivity contribution < 1.29 is 8.78 Å². The highest BCUT2D eigenvalue weighted by atomic mass is 19.3. The molecular weight excluding hydrogens is 184 g/mol. The van der Waals surface area contributed by atoms with E-state index < -0.39 is 12.0 Å². The summed E-state index contributed by atoms with van der Waals surface area (Å²) in [6.07, 6.45) is 3.11. The first kappa shape index (κ1) is 11.9. The third-order valence-corrected chi connectivity index (χ3v) is 3.44. The Labute approximate surface area is 85.1 Å². The molecule has 2 unspecified atom stereocenters. The third kappa shape index (κ3) is 2.91. The molecule has 0 spiro atoms. The molecule has 3 heteroatoms. The van der Waals surface area contributed by atoms with Gasteiger partial charge in [0.1, 0.15) is 0 Å². The van der Waals surface area contributed by atoms with Crippen molar-refractivity contribution in [2.45, 2.75) is 52.5 Å². The molecule has 14 heavy (non-hydrogen) atoms. The van der Waals surface area contributed by atoms with E-state index in [9.17, 15) is 8.78 Å². The van der Waals surface area contributed by atoms with Gasteiger partial charge in [0.05, 0.1) is 0 Å². The zero-order valence-corrected chi connectivity index (χ0v) is 9.32. The highest BCUT2D eigenvalue weighted by Gasteiger charge is 2.41. The first-order valence-electron chi connectivity index (χ1n) is 5.38. The molecule has 84 valence electrons. The molecule has 0 aromatic heterocycles. The average Bonchev–Trinajstić information content (AvgIpc) is 2.01. The molecule has 0 aromatic carbocycles. The lowest BCUT2D eigenvalue weighted by atomic mass is 9.68. The number of hydrogen-bond donors (Lipinski definition) is 1. The van der Waals surface area contributed by atoms with E-state index in [4.69, 9.17) is 5.73 Å². The lowest BCUT2D eigenvalue weighted by molar-refractivity contribution is -0.0801. The molecule has 0 heterocycles. The standard InChI is InChI=1S/C11H21F2N/c1-10(2,3)8-5-4-6-9(7-8)11(12,13)14/h8-9H,4-7,14H2,1-3H3. The summed E-state index contributed by atoms with van der Waals surface area (Å²) in [5.41, 5.74) is 5.01. The Morgan fingerprint density at radius 1 is 1.07 bits per heavy atom. The van der Waals surface area contributed by atoms with Crippen molar-refractivity contribution in [2.24, 2.45) is 23.0 Å². The number of nitrogens with two attached hydrogens (primary N) is 1. The van der Waals surface area contributed by atoms with Crippen LogP contribution in [-0.2, 0) is 0 Å². The van der Waals surface area contributed by atoms with Gasteiger partial charge in [-0.25, -0.2) is 0 Å². The van der Waals surface area contributed by atoms with Gasteiger partial charge in [-0.15, -0.1) is 0 Å². The monoisotopic (exact) mass is 205 g/mol. The molecule has 1 aliphatic rings. The minimum Gasteiger partial charge on any atom is -0.272 e. The van der Waals surface area contributed by atoms with E-state index in [-0.39, 0.29) is 5.41 Å². The Hall–Kier alpha value is -0.180. The maximum absolute atomic E-state index is 12.9. The van der Waals surface area contributed by atoms with Crippen LogP contribution in [0.25, 0.3) is 0 Å². The Morgan fingerprint density at radius 3 is 2.00 bits per heavy atom. The molecule has 0 bridgehead atoms. The van der Waals surface area contributed by atoms with Crippen molar-refractivity contribution in [1.82, 2.24) is 0 Å². The van der Waals surface area contributed by atoms with Gasteiger partial charge in [-0.3, -0.25) is 5.73 Å². The molecular formula is C11H21F2N. The smallest absolute Gasteiger partial charge is 0.272 e. The lowest BCUT2D eigenvalue weighted by Gasteiger charge is -2.39. The molecule has 2 atom stereocenters. The van der Waals surface area contributed by atoms with Crippen molar-refractivity contribution in [2.75, 3.05) is 0 Å². The fourth-order valence-corrected chi connectivity index (χ4v) is 2.33. The maximum atomic E-state index is 12.9. The lowest BCUT2D eigenvalue weighted by Crippen LogP contribution is -2.42. The van der Waals surface area contributed by atoms with Crippen molar-refractivity contribution in [3.8, 4) is 0 Å². The first-order chi connectivity index (χ1) is 6.21. The summed E-state index contributed by atoms with van der Waals surface area (Å²) < 4.78 is 25.9. The second-order valence-corrected chi connectivity index (χ2v) is 5.60. The molecule has 0 saturated heterocycles. The summed E-state index contributed by atoms with van der Waals surface area (Å²) >= 11 is 0. The molecule has 2 N–H and O–H groups in total.